The number of amides is 2. The highest BCUT2D eigenvalue weighted by Gasteiger charge is 2.36. The van der Waals surface area contributed by atoms with Gasteiger partial charge in [-0.2, -0.15) is 10.2 Å². The summed E-state index contributed by atoms with van der Waals surface area (Å²) >= 11 is 0. The van der Waals surface area contributed by atoms with E-state index in [2.05, 4.69) is 85.5 Å². The quantitative estimate of drug-likeness (QED) is 0.120. The lowest BCUT2D eigenvalue weighted by molar-refractivity contribution is -0.0394. The van der Waals surface area contributed by atoms with Crippen LogP contribution in [0.5, 0.6) is 0 Å². The van der Waals surface area contributed by atoms with Gasteiger partial charge in [0.2, 0.25) is 0 Å². The van der Waals surface area contributed by atoms with E-state index in [0.29, 0.717) is 19.2 Å². The Labute approximate surface area is 298 Å². The van der Waals surface area contributed by atoms with Crippen LogP contribution < -0.4 is 10.2 Å². The van der Waals surface area contributed by atoms with Crippen molar-refractivity contribution in [2.75, 3.05) is 30.4 Å². The smallest absolute Gasteiger partial charge is 0.323 e. The number of nitrogens with zero attached hydrogens (tertiary/aromatic N) is 7. The largest absolute Gasteiger partial charge is 0.373 e. The van der Waals surface area contributed by atoms with Gasteiger partial charge in [0, 0.05) is 62.9 Å². The molecule has 50 heavy (non-hydrogen) atoms. The number of carbonyl (C=O) groups is 1. The number of pyridine rings is 1. The first-order valence-corrected chi connectivity index (χ1v) is 21.9. The summed E-state index contributed by atoms with van der Waals surface area (Å²) in [6.45, 7) is 18.5. The van der Waals surface area contributed by atoms with E-state index in [1.807, 2.05) is 53.3 Å². The van der Waals surface area contributed by atoms with E-state index in [-0.39, 0.29) is 35.7 Å². The Morgan fingerprint density at radius 3 is 2.54 bits per heavy atom. The number of urea groups is 1. The molecule has 0 unspecified atom stereocenters. The summed E-state index contributed by atoms with van der Waals surface area (Å²) in [5.41, 5.74) is 4.12. The number of rotatable bonds is 12. The van der Waals surface area contributed by atoms with Crippen LogP contribution in [0, 0.1) is 0 Å². The van der Waals surface area contributed by atoms with Crippen LogP contribution in [-0.2, 0) is 28.2 Å². The molecule has 270 valence electrons. The fourth-order valence-electron chi connectivity index (χ4n) is 6.94. The third-order valence-electron chi connectivity index (χ3n) is 10.2. The molecular formula is C38H56N8O3Si. The summed E-state index contributed by atoms with van der Waals surface area (Å²) in [4.78, 5) is 22.6. The van der Waals surface area contributed by atoms with Gasteiger partial charge in [-0.05, 0) is 50.3 Å². The maximum atomic E-state index is 13.6. The first kappa shape index (κ1) is 36.1. The summed E-state index contributed by atoms with van der Waals surface area (Å²) in [6, 6.07) is 16.1. The molecule has 0 bridgehead atoms. The molecule has 1 aromatic carbocycles. The van der Waals surface area contributed by atoms with Crippen LogP contribution in [0.4, 0.5) is 16.3 Å². The predicted octanol–water partition coefficient (Wildman–Crippen LogP) is 7.68. The van der Waals surface area contributed by atoms with Crippen molar-refractivity contribution in [3.8, 4) is 0 Å². The molecule has 2 aliphatic rings. The molecule has 2 fully saturated rings. The first-order chi connectivity index (χ1) is 23.7. The molecule has 2 amide bonds. The second-order valence-corrected chi connectivity index (χ2v) is 22.1. The van der Waals surface area contributed by atoms with Crippen LogP contribution in [0.3, 0.4) is 0 Å². The fraction of sp³-hybridized carbons (Fsp3) is 0.579. The van der Waals surface area contributed by atoms with Crippen LogP contribution in [0.25, 0.3) is 11.0 Å². The zero-order valence-corrected chi connectivity index (χ0v) is 32.2. The van der Waals surface area contributed by atoms with E-state index in [0.717, 1.165) is 67.3 Å². The Morgan fingerprint density at radius 2 is 1.84 bits per heavy atom. The summed E-state index contributed by atoms with van der Waals surface area (Å²) in [5.74, 6) is 0.604. The van der Waals surface area contributed by atoms with Crippen molar-refractivity contribution in [3.63, 3.8) is 0 Å². The van der Waals surface area contributed by atoms with Crippen LogP contribution >= 0.6 is 0 Å². The second-order valence-electron chi connectivity index (χ2n) is 16.5. The lowest BCUT2D eigenvalue weighted by Gasteiger charge is -2.42. The molecule has 1 aliphatic heterocycles. The lowest BCUT2D eigenvalue weighted by Crippen LogP contribution is -2.50. The van der Waals surface area contributed by atoms with Crippen LogP contribution in [0.2, 0.25) is 25.7 Å². The van der Waals surface area contributed by atoms with Gasteiger partial charge >= 0.3 is 6.03 Å². The average Bonchev–Trinajstić information content (AvgIpc) is 3.66. The number of aromatic nitrogens is 5. The fourth-order valence-corrected chi connectivity index (χ4v) is 7.70. The Morgan fingerprint density at radius 1 is 1.08 bits per heavy atom. The molecule has 4 heterocycles. The minimum absolute atomic E-state index is 0.113. The molecule has 1 saturated carbocycles. The topological polar surface area (TPSA) is 103 Å². The van der Waals surface area contributed by atoms with Gasteiger partial charge in [0.15, 0.2) is 11.5 Å². The normalized spacial score (nSPS) is 21.3. The van der Waals surface area contributed by atoms with E-state index < -0.39 is 8.07 Å². The number of fused-ring (bicyclic) bond motifs is 1. The van der Waals surface area contributed by atoms with Gasteiger partial charge in [0.25, 0.3) is 0 Å². The number of ether oxygens (including phenoxy) is 2. The molecule has 12 heteroatoms. The van der Waals surface area contributed by atoms with E-state index in [1.165, 1.54) is 5.56 Å². The second kappa shape index (κ2) is 14.9. The lowest BCUT2D eigenvalue weighted by atomic mass is 9.86. The average molecular weight is 701 g/mol. The highest BCUT2D eigenvalue weighted by atomic mass is 28.3. The van der Waals surface area contributed by atoms with Crippen molar-refractivity contribution in [2.24, 2.45) is 0 Å². The molecule has 1 saturated heterocycles. The van der Waals surface area contributed by atoms with Gasteiger partial charge in [0.1, 0.15) is 6.73 Å². The molecule has 1 aliphatic carbocycles. The van der Waals surface area contributed by atoms with Crippen LogP contribution in [0.15, 0.2) is 54.9 Å². The van der Waals surface area contributed by atoms with E-state index in [1.54, 1.807) is 0 Å². The Hall–Kier alpha value is -3.74. The standard InChI is InChI=1S/C38H56N8O3Si/c1-27-18-30(14-15-44(27)32-19-29-23-40-45(36(29)39-24-32)26-48-16-17-50(6,7)8)43(5)37(47)41-35-22-34(38(2,3)4)46(42-35)31-20-33(21-31)49-25-28-12-10-9-11-13-28/h9-13,19,22-24,27,30-31,33H,14-18,20-21,25-26H2,1-8H3,(H,41,42,47)/t27-,30-,31?,33?/m1/s1. The molecule has 6 rings (SSSR count). The van der Waals surface area contributed by atoms with Gasteiger partial charge in [-0.25, -0.2) is 14.5 Å². The van der Waals surface area contributed by atoms with E-state index >= 15 is 0 Å². The van der Waals surface area contributed by atoms with E-state index in [4.69, 9.17) is 19.6 Å². The number of hydrogen-bond acceptors (Lipinski definition) is 7. The van der Waals surface area contributed by atoms with Crippen molar-refractivity contribution in [2.45, 2.75) is 122 Å². The molecular weight excluding hydrogens is 645 g/mol. The Balaban J connectivity index is 1.02. The minimum atomic E-state index is -1.13. The maximum Gasteiger partial charge on any atom is 0.323 e. The summed E-state index contributed by atoms with van der Waals surface area (Å²) in [5, 5.41) is 13.6. The number of benzene rings is 1. The van der Waals surface area contributed by atoms with Crippen LogP contribution in [0.1, 0.15) is 70.7 Å². The monoisotopic (exact) mass is 700 g/mol. The highest BCUT2D eigenvalue weighted by molar-refractivity contribution is 6.76. The van der Waals surface area contributed by atoms with Gasteiger partial charge in [-0.3, -0.25) is 10.00 Å². The van der Waals surface area contributed by atoms with Gasteiger partial charge < -0.3 is 19.3 Å². The van der Waals surface area contributed by atoms with Crippen molar-refractivity contribution in [1.29, 1.82) is 0 Å². The van der Waals surface area contributed by atoms with Crippen LogP contribution in [-0.4, -0.2) is 81.9 Å². The molecule has 2 atom stereocenters. The van der Waals surface area contributed by atoms with Gasteiger partial charge in [-0.15, -0.1) is 0 Å². The number of nitrogens with one attached hydrogen (secondary N) is 1. The van der Waals surface area contributed by atoms with Gasteiger partial charge in [-0.1, -0.05) is 70.7 Å². The van der Waals surface area contributed by atoms with E-state index in [9.17, 15) is 4.79 Å². The molecule has 0 spiro atoms. The number of hydrogen-bond donors (Lipinski definition) is 1. The molecule has 3 aromatic heterocycles. The predicted molar refractivity (Wildman–Crippen MR) is 202 cm³/mol. The SMILES string of the molecule is C[C@@H]1C[C@H](N(C)C(=O)Nc2cc(C(C)(C)C)n(C3CC(OCc4ccccc4)C3)n2)CCN1c1cnc2c(cnn2COCC[Si](C)(C)C)c1. The van der Waals surface area contributed by atoms with Gasteiger partial charge in [0.05, 0.1) is 36.8 Å². The van der Waals surface area contributed by atoms with Crippen molar-refractivity contribution < 1.29 is 14.3 Å². The molecule has 1 N–H and O–H groups in total. The zero-order chi connectivity index (χ0) is 35.6. The van der Waals surface area contributed by atoms with Crippen molar-refractivity contribution in [3.05, 3.63) is 66.1 Å². The molecule has 11 nitrogen and oxygen atoms in total. The highest BCUT2D eigenvalue weighted by Crippen LogP contribution is 2.39. The van der Waals surface area contributed by atoms with Crippen molar-refractivity contribution >= 4 is 36.6 Å². The van der Waals surface area contributed by atoms with Crippen molar-refractivity contribution in [1.82, 2.24) is 29.4 Å². The zero-order valence-electron chi connectivity index (χ0n) is 31.2. The third-order valence-corrected chi connectivity index (χ3v) is 11.9. The number of anilines is 2. The summed E-state index contributed by atoms with van der Waals surface area (Å²) < 4.78 is 16.0. The maximum absolute atomic E-state index is 13.6. The Kier molecular flexibility index (Phi) is 10.7. The Bertz CT molecular complexity index is 1740. The number of piperidine rings is 1. The summed E-state index contributed by atoms with van der Waals surface area (Å²) in [7, 11) is 0.767. The summed E-state index contributed by atoms with van der Waals surface area (Å²) in [6.07, 6.45) is 7.59. The number of carbonyl (C=O) groups excluding carboxylic acids is 1. The first-order valence-electron chi connectivity index (χ1n) is 18.2. The molecule has 0 radical (unpaired) electrons. The minimum Gasteiger partial charge on any atom is -0.373 e. The molecule has 4 aromatic rings. The third kappa shape index (κ3) is 8.58.